The third-order valence-corrected chi connectivity index (χ3v) is 3.34. The summed E-state index contributed by atoms with van der Waals surface area (Å²) in [7, 11) is 0. The van der Waals surface area contributed by atoms with Crippen molar-refractivity contribution >= 4 is 11.9 Å². The second-order valence-corrected chi connectivity index (χ2v) is 4.74. The average Bonchev–Trinajstić information content (AvgIpc) is 2.52. The molecule has 0 atom stereocenters. The lowest BCUT2D eigenvalue weighted by atomic mass is 9.97. The highest BCUT2D eigenvalue weighted by Gasteiger charge is 2.26. The van der Waals surface area contributed by atoms with E-state index in [2.05, 4.69) is 14.9 Å². The minimum atomic E-state index is -0.142. The summed E-state index contributed by atoms with van der Waals surface area (Å²) in [5.41, 5.74) is 0. The van der Waals surface area contributed by atoms with Crippen molar-refractivity contribution in [3.05, 3.63) is 18.5 Å². The molecule has 0 spiro atoms. The van der Waals surface area contributed by atoms with Crippen LogP contribution in [0.15, 0.2) is 18.5 Å². The second-order valence-electron chi connectivity index (χ2n) is 4.74. The third kappa shape index (κ3) is 3.92. The Bertz CT molecular complexity index is 464. The maximum Gasteiger partial charge on any atom is 0.309 e. The minimum Gasteiger partial charge on any atom is -0.465 e. The van der Waals surface area contributed by atoms with Crippen molar-refractivity contribution in [1.29, 1.82) is 5.26 Å². The molecule has 0 saturated carbocycles. The molecule has 20 heavy (non-hydrogen) atoms. The van der Waals surface area contributed by atoms with Gasteiger partial charge < -0.3 is 9.64 Å². The van der Waals surface area contributed by atoms with E-state index in [0.717, 1.165) is 25.9 Å². The van der Waals surface area contributed by atoms with Crippen molar-refractivity contribution in [2.75, 3.05) is 24.6 Å². The van der Waals surface area contributed by atoms with Crippen molar-refractivity contribution in [2.24, 2.45) is 5.92 Å². The van der Waals surface area contributed by atoms with E-state index in [9.17, 15) is 4.79 Å². The molecule has 1 aromatic rings. The van der Waals surface area contributed by atoms with Crippen LogP contribution in [0.25, 0.3) is 0 Å². The van der Waals surface area contributed by atoms with E-state index in [4.69, 9.17) is 10.00 Å². The number of rotatable bonds is 5. The fourth-order valence-electron chi connectivity index (χ4n) is 2.21. The number of nitrogens with zero attached hydrogens (tertiary/aromatic N) is 4. The summed E-state index contributed by atoms with van der Waals surface area (Å²) in [6, 6.07) is 3.82. The average molecular weight is 274 g/mol. The first-order valence-electron chi connectivity index (χ1n) is 6.87. The van der Waals surface area contributed by atoms with E-state index < -0.39 is 0 Å². The van der Waals surface area contributed by atoms with Crippen LogP contribution in [-0.4, -0.2) is 35.6 Å². The monoisotopic (exact) mass is 274 g/mol. The van der Waals surface area contributed by atoms with E-state index in [1.807, 2.05) is 6.07 Å². The highest BCUT2D eigenvalue weighted by atomic mass is 16.5. The van der Waals surface area contributed by atoms with Gasteiger partial charge in [-0.1, -0.05) is 0 Å². The normalized spacial score (nSPS) is 15.7. The number of hydrogen-bond acceptors (Lipinski definition) is 6. The molecule has 0 N–H and O–H groups in total. The van der Waals surface area contributed by atoms with Gasteiger partial charge in [0.15, 0.2) is 0 Å². The predicted molar refractivity (Wildman–Crippen MR) is 72.8 cm³/mol. The van der Waals surface area contributed by atoms with Gasteiger partial charge in [0.05, 0.1) is 18.6 Å². The Morgan fingerprint density at radius 3 is 2.75 bits per heavy atom. The van der Waals surface area contributed by atoms with Gasteiger partial charge in [-0.3, -0.25) is 4.79 Å². The van der Waals surface area contributed by atoms with Crippen LogP contribution < -0.4 is 4.90 Å². The van der Waals surface area contributed by atoms with Crippen molar-refractivity contribution in [1.82, 2.24) is 9.97 Å². The number of hydrogen-bond donors (Lipinski definition) is 0. The molecule has 6 heteroatoms. The molecule has 0 unspecified atom stereocenters. The number of aromatic nitrogens is 2. The lowest BCUT2D eigenvalue weighted by Crippen LogP contribution is -2.37. The summed E-state index contributed by atoms with van der Waals surface area (Å²) in [4.78, 5) is 22.4. The number of carbonyl (C=O) groups is 1. The van der Waals surface area contributed by atoms with E-state index in [1.165, 1.54) is 0 Å². The number of ether oxygens (including phenoxy) is 1. The highest BCUT2D eigenvalue weighted by molar-refractivity contribution is 5.72. The summed E-state index contributed by atoms with van der Waals surface area (Å²) in [6.45, 7) is 1.87. The molecule has 1 fully saturated rings. The van der Waals surface area contributed by atoms with Crippen LogP contribution in [0.4, 0.5) is 5.95 Å². The quantitative estimate of drug-likeness (QED) is 0.598. The smallest absolute Gasteiger partial charge is 0.309 e. The van der Waals surface area contributed by atoms with Gasteiger partial charge in [-0.2, -0.15) is 5.26 Å². The summed E-state index contributed by atoms with van der Waals surface area (Å²) in [5.74, 6) is 0.530. The predicted octanol–water partition coefficient (Wildman–Crippen LogP) is 1.54. The van der Waals surface area contributed by atoms with Gasteiger partial charge in [0, 0.05) is 31.9 Å². The second kappa shape index (κ2) is 7.43. The largest absolute Gasteiger partial charge is 0.465 e. The molecule has 2 heterocycles. The number of anilines is 1. The van der Waals surface area contributed by atoms with Gasteiger partial charge in [0.1, 0.15) is 0 Å². The molecular formula is C14H18N4O2. The molecule has 2 rings (SSSR count). The molecule has 0 amide bonds. The van der Waals surface area contributed by atoms with E-state index in [-0.39, 0.29) is 11.9 Å². The first kappa shape index (κ1) is 14.3. The standard InChI is InChI=1S/C14H18N4O2/c15-6-1-2-11-20-13(19)12-4-9-18(10-5-12)14-16-7-3-8-17-14/h3,7-8,12H,1-2,4-5,9-11H2. The molecule has 1 aromatic heterocycles. The highest BCUT2D eigenvalue weighted by Crippen LogP contribution is 2.21. The molecule has 1 aliphatic heterocycles. The van der Waals surface area contributed by atoms with Gasteiger partial charge in [0.25, 0.3) is 0 Å². The van der Waals surface area contributed by atoms with Crippen molar-refractivity contribution < 1.29 is 9.53 Å². The maximum absolute atomic E-state index is 11.8. The molecule has 0 bridgehead atoms. The van der Waals surface area contributed by atoms with Crippen LogP contribution in [-0.2, 0) is 9.53 Å². The van der Waals surface area contributed by atoms with Crippen LogP contribution in [0.1, 0.15) is 25.7 Å². The Morgan fingerprint density at radius 2 is 2.10 bits per heavy atom. The van der Waals surface area contributed by atoms with Crippen LogP contribution >= 0.6 is 0 Å². The molecule has 0 radical (unpaired) electrons. The SMILES string of the molecule is N#CCCCOC(=O)C1CCN(c2ncccn2)CC1. The Kier molecular flexibility index (Phi) is 5.30. The van der Waals surface area contributed by atoms with Gasteiger partial charge in [-0.25, -0.2) is 9.97 Å². The van der Waals surface area contributed by atoms with Crippen LogP contribution in [0, 0.1) is 17.2 Å². The van der Waals surface area contributed by atoms with Gasteiger partial charge in [-0.15, -0.1) is 0 Å². The van der Waals surface area contributed by atoms with Crippen molar-refractivity contribution in [3.8, 4) is 6.07 Å². The Morgan fingerprint density at radius 1 is 1.40 bits per heavy atom. The summed E-state index contributed by atoms with van der Waals surface area (Å²) in [6.07, 6.45) is 6.00. The Hall–Kier alpha value is -2.16. The number of piperidine rings is 1. The zero-order valence-electron chi connectivity index (χ0n) is 11.4. The number of unbranched alkanes of at least 4 members (excludes halogenated alkanes) is 1. The lowest BCUT2D eigenvalue weighted by molar-refractivity contribution is -0.149. The maximum atomic E-state index is 11.8. The van der Waals surface area contributed by atoms with Crippen LogP contribution in [0.5, 0.6) is 0 Å². The molecule has 6 nitrogen and oxygen atoms in total. The van der Waals surface area contributed by atoms with E-state index >= 15 is 0 Å². The first-order valence-corrected chi connectivity index (χ1v) is 6.87. The first-order chi connectivity index (χ1) is 9.81. The fourth-order valence-corrected chi connectivity index (χ4v) is 2.21. The summed E-state index contributed by atoms with van der Waals surface area (Å²) < 4.78 is 5.18. The van der Waals surface area contributed by atoms with Crippen LogP contribution in [0.2, 0.25) is 0 Å². The topological polar surface area (TPSA) is 79.1 Å². The fraction of sp³-hybridized carbons (Fsp3) is 0.571. The van der Waals surface area contributed by atoms with E-state index in [1.54, 1.807) is 18.5 Å². The van der Waals surface area contributed by atoms with Crippen molar-refractivity contribution in [3.63, 3.8) is 0 Å². The number of carbonyl (C=O) groups excluding carboxylic acids is 1. The van der Waals surface area contributed by atoms with Gasteiger partial charge in [-0.05, 0) is 25.3 Å². The molecule has 106 valence electrons. The summed E-state index contributed by atoms with van der Waals surface area (Å²) in [5, 5.41) is 8.41. The summed E-state index contributed by atoms with van der Waals surface area (Å²) >= 11 is 0. The molecule has 0 aromatic carbocycles. The van der Waals surface area contributed by atoms with Gasteiger partial charge >= 0.3 is 5.97 Å². The number of esters is 1. The molecule has 0 aliphatic carbocycles. The third-order valence-electron chi connectivity index (χ3n) is 3.34. The Labute approximate surface area is 118 Å². The minimum absolute atomic E-state index is 0.0444. The zero-order valence-corrected chi connectivity index (χ0v) is 11.4. The Balaban J connectivity index is 1.74. The zero-order chi connectivity index (χ0) is 14.2. The van der Waals surface area contributed by atoms with Crippen molar-refractivity contribution in [2.45, 2.75) is 25.7 Å². The molecular weight excluding hydrogens is 256 g/mol. The molecule has 1 aliphatic rings. The van der Waals surface area contributed by atoms with Crippen LogP contribution in [0.3, 0.4) is 0 Å². The lowest BCUT2D eigenvalue weighted by Gasteiger charge is -2.30. The van der Waals surface area contributed by atoms with E-state index in [0.29, 0.717) is 25.4 Å². The van der Waals surface area contributed by atoms with Gasteiger partial charge in [0.2, 0.25) is 5.95 Å². The molecule has 1 saturated heterocycles. The number of nitriles is 1.